The van der Waals surface area contributed by atoms with E-state index >= 15 is 0 Å². The van der Waals surface area contributed by atoms with Gasteiger partial charge in [-0.3, -0.25) is 15.0 Å². The van der Waals surface area contributed by atoms with Crippen molar-refractivity contribution in [2.24, 2.45) is 21.7 Å². The topological polar surface area (TPSA) is 38.7 Å². The van der Waals surface area contributed by atoms with Gasteiger partial charge in [0.2, 0.25) is 0 Å². The van der Waals surface area contributed by atoms with Crippen LogP contribution in [0, 0.1) is 21.7 Å². The SMILES string of the molecule is C.CC.CC.CC.CC(C)(C)Cc1ccccc1.CC(C)(C)Cc1ccccn1.CC(C)(C)Cc1cccnc1.CC(C)(C)Cc1ccncc1. The zero-order valence-electron chi connectivity index (χ0n) is 36.0. The monoisotopic (exact) mass is 702 g/mol. The molecule has 51 heavy (non-hydrogen) atoms. The highest BCUT2D eigenvalue weighted by Gasteiger charge is 2.12. The van der Waals surface area contributed by atoms with Crippen molar-refractivity contribution in [2.75, 3.05) is 0 Å². The van der Waals surface area contributed by atoms with E-state index in [1.165, 1.54) is 22.4 Å². The Bertz CT molecular complexity index is 1040. The van der Waals surface area contributed by atoms with Crippen LogP contribution in [-0.4, -0.2) is 15.0 Å². The lowest BCUT2D eigenvalue weighted by atomic mass is 9.88. The van der Waals surface area contributed by atoms with Gasteiger partial charge in [0.1, 0.15) is 0 Å². The summed E-state index contributed by atoms with van der Waals surface area (Å²) in [6, 6.07) is 25.0. The van der Waals surface area contributed by atoms with E-state index in [1.807, 2.05) is 90.7 Å². The van der Waals surface area contributed by atoms with Crippen LogP contribution in [0.15, 0.2) is 104 Å². The molecule has 0 unspecified atom stereocenters. The van der Waals surface area contributed by atoms with Crippen LogP contribution < -0.4 is 0 Å². The van der Waals surface area contributed by atoms with E-state index in [1.54, 1.807) is 0 Å². The Morgan fingerprint density at radius 1 is 0.373 bits per heavy atom. The average molecular weight is 702 g/mol. The molecule has 0 bridgehead atoms. The van der Waals surface area contributed by atoms with Gasteiger partial charge in [0.25, 0.3) is 0 Å². The fourth-order valence-corrected chi connectivity index (χ4v) is 4.48. The van der Waals surface area contributed by atoms with Crippen molar-refractivity contribution in [1.82, 2.24) is 15.0 Å². The Morgan fingerprint density at radius 2 is 0.765 bits per heavy atom. The Morgan fingerprint density at radius 3 is 1.14 bits per heavy atom. The molecule has 0 saturated carbocycles. The van der Waals surface area contributed by atoms with Crippen LogP contribution in [-0.2, 0) is 25.7 Å². The minimum Gasteiger partial charge on any atom is -0.265 e. The smallest absolute Gasteiger partial charge is 0.0408 e. The molecule has 290 valence electrons. The van der Waals surface area contributed by atoms with E-state index in [9.17, 15) is 0 Å². The minimum atomic E-state index is 0. The van der Waals surface area contributed by atoms with Gasteiger partial charge in [0, 0.05) is 36.7 Å². The first kappa shape index (κ1) is 54.4. The van der Waals surface area contributed by atoms with Gasteiger partial charge in [-0.05, 0) is 94.4 Å². The molecule has 3 nitrogen and oxygen atoms in total. The molecule has 4 rings (SSSR count). The molecular formula is C48H83N3. The summed E-state index contributed by atoms with van der Waals surface area (Å²) in [5.74, 6) is 0. The van der Waals surface area contributed by atoms with Gasteiger partial charge >= 0.3 is 0 Å². The number of hydrogen-bond donors (Lipinski definition) is 0. The Kier molecular flexibility index (Phi) is 32.4. The molecule has 3 aromatic heterocycles. The van der Waals surface area contributed by atoms with E-state index < -0.39 is 0 Å². The van der Waals surface area contributed by atoms with E-state index in [4.69, 9.17) is 0 Å². The van der Waals surface area contributed by atoms with E-state index in [2.05, 4.69) is 153 Å². The quantitative estimate of drug-likeness (QED) is 0.213. The summed E-state index contributed by atoms with van der Waals surface area (Å²) in [4.78, 5) is 12.3. The summed E-state index contributed by atoms with van der Waals surface area (Å²) in [5.41, 5.74) is 6.78. The normalized spacial score (nSPS) is 10.3. The lowest BCUT2D eigenvalue weighted by molar-refractivity contribution is 0.406. The van der Waals surface area contributed by atoms with Gasteiger partial charge < -0.3 is 0 Å². The van der Waals surface area contributed by atoms with Crippen molar-refractivity contribution >= 4 is 0 Å². The predicted molar refractivity (Wildman–Crippen MR) is 233 cm³/mol. The second-order valence-electron chi connectivity index (χ2n) is 16.5. The molecule has 0 aliphatic heterocycles. The molecule has 4 aromatic rings. The van der Waals surface area contributed by atoms with Crippen LogP contribution in [0.5, 0.6) is 0 Å². The van der Waals surface area contributed by atoms with Gasteiger partial charge in [0.15, 0.2) is 0 Å². The Balaban J connectivity index is -0.000000273. The lowest BCUT2D eigenvalue weighted by Gasteiger charge is -2.17. The van der Waals surface area contributed by atoms with Crippen LogP contribution in [0.25, 0.3) is 0 Å². The van der Waals surface area contributed by atoms with Crippen molar-refractivity contribution in [1.29, 1.82) is 0 Å². The third kappa shape index (κ3) is 39.3. The summed E-state index contributed by atoms with van der Waals surface area (Å²) in [6.07, 6.45) is 13.7. The van der Waals surface area contributed by atoms with Crippen LogP contribution in [0.3, 0.4) is 0 Å². The maximum atomic E-state index is 4.26. The first-order valence-electron chi connectivity index (χ1n) is 19.0. The van der Waals surface area contributed by atoms with Gasteiger partial charge in [-0.2, -0.15) is 0 Å². The van der Waals surface area contributed by atoms with Gasteiger partial charge in [-0.1, -0.05) is 175 Å². The van der Waals surface area contributed by atoms with Crippen molar-refractivity contribution < 1.29 is 0 Å². The summed E-state index contributed by atoms with van der Waals surface area (Å²) < 4.78 is 0. The van der Waals surface area contributed by atoms with Crippen LogP contribution in [0.1, 0.15) is 154 Å². The molecule has 0 aliphatic rings. The number of pyridine rings is 3. The highest BCUT2D eigenvalue weighted by atomic mass is 14.7. The standard InChI is InChI=1S/C11H16.3C10H15N.3C2H6.CH4/c1-11(2,3)9-10-7-5-4-6-8-10;1-10(2,3)8-9-4-6-11-7-5-9;1-10(2,3)7-9-5-4-6-11-8-9;1-10(2,3)8-9-6-4-5-7-11-9;3*1-2;/h4-8H,9H2,1-3H3;4-7H,8H2,1-3H3;4-6,8H,7H2,1-3H3;4-7H,8H2,1-3H3;3*1-2H3;1H4. The number of nitrogens with zero attached hydrogens (tertiary/aromatic N) is 3. The van der Waals surface area contributed by atoms with Crippen molar-refractivity contribution in [2.45, 2.75) is 158 Å². The fourth-order valence-electron chi connectivity index (χ4n) is 4.48. The zero-order chi connectivity index (χ0) is 39.3. The van der Waals surface area contributed by atoms with Crippen molar-refractivity contribution in [3.05, 3.63) is 126 Å². The number of rotatable bonds is 4. The maximum Gasteiger partial charge on any atom is 0.0408 e. The van der Waals surface area contributed by atoms with Gasteiger partial charge in [-0.25, -0.2) is 0 Å². The maximum absolute atomic E-state index is 4.26. The van der Waals surface area contributed by atoms with Crippen LogP contribution >= 0.6 is 0 Å². The van der Waals surface area contributed by atoms with E-state index in [0.717, 1.165) is 25.7 Å². The summed E-state index contributed by atoms with van der Waals surface area (Å²) >= 11 is 0. The fraction of sp³-hybridized carbons (Fsp3) is 0.562. The number of hydrogen-bond acceptors (Lipinski definition) is 3. The van der Waals surface area contributed by atoms with Crippen LogP contribution in [0.4, 0.5) is 0 Å². The second kappa shape index (κ2) is 30.3. The molecule has 0 aliphatic carbocycles. The molecule has 0 N–H and O–H groups in total. The molecule has 1 aromatic carbocycles. The molecule has 0 saturated heterocycles. The summed E-state index contributed by atoms with van der Waals surface area (Å²) in [6.45, 7) is 38.9. The first-order valence-corrected chi connectivity index (χ1v) is 19.0. The Hall–Kier alpha value is -3.33. The van der Waals surface area contributed by atoms with Gasteiger partial charge in [0.05, 0.1) is 0 Å². The summed E-state index contributed by atoms with van der Waals surface area (Å²) in [7, 11) is 0. The van der Waals surface area contributed by atoms with Crippen molar-refractivity contribution in [3.63, 3.8) is 0 Å². The highest BCUT2D eigenvalue weighted by Crippen LogP contribution is 2.21. The average Bonchev–Trinajstić information content (AvgIpc) is 3.04. The lowest BCUT2D eigenvalue weighted by Crippen LogP contribution is -2.09. The van der Waals surface area contributed by atoms with Crippen molar-refractivity contribution in [3.8, 4) is 0 Å². The third-order valence-electron chi connectivity index (χ3n) is 5.96. The highest BCUT2D eigenvalue weighted by molar-refractivity contribution is 5.16. The number of aromatic nitrogens is 3. The number of benzene rings is 1. The molecule has 3 heteroatoms. The van der Waals surface area contributed by atoms with E-state index in [0.29, 0.717) is 21.7 Å². The van der Waals surface area contributed by atoms with Crippen LogP contribution in [0.2, 0.25) is 0 Å². The first-order chi connectivity index (χ1) is 23.3. The third-order valence-corrected chi connectivity index (χ3v) is 5.96. The Labute approximate surface area is 319 Å². The van der Waals surface area contributed by atoms with Gasteiger partial charge in [-0.15, -0.1) is 0 Å². The molecule has 0 fully saturated rings. The molecule has 0 amide bonds. The minimum absolute atomic E-state index is 0. The zero-order valence-corrected chi connectivity index (χ0v) is 36.0. The van der Waals surface area contributed by atoms with E-state index in [-0.39, 0.29) is 7.43 Å². The summed E-state index contributed by atoms with van der Waals surface area (Å²) in [5, 5.41) is 0. The molecule has 3 heterocycles. The second-order valence-corrected chi connectivity index (χ2v) is 16.5. The molecule has 0 radical (unpaired) electrons. The molecule has 0 spiro atoms. The largest absolute Gasteiger partial charge is 0.265 e. The predicted octanol–water partition coefficient (Wildman–Crippen LogP) is 15.0. The molecular weight excluding hydrogens is 619 g/mol. The molecule has 0 atom stereocenters.